The first-order chi connectivity index (χ1) is 11.4. The van der Waals surface area contributed by atoms with Crippen LogP contribution < -0.4 is 0 Å². The zero-order chi connectivity index (χ0) is 17.6. The monoisotopic (exact) mass is 354 g/mol. The molecule has 0 N–H and O–H groups in total. The first-order valence-corrected chi connectivity index (χ1v) is 9.78. The van der Waals surface area contributed by atoms with Gasteiger partial charge in [0.05, 0.1) is 5.75 Å². The molecule has 1 aliphatic rings. The van der Waals surface area contributed by atoms with Gasteiger partial charge in [-0.25, -0.2) is 8.42 Å². The molecule has 0 bridgehead atoms. The van der Waals surface area contributed by atoms with Crippen molar-refractivity contribution in [2.75, 3.05) is 52.6 Å². The largest absolute Gasteiger partial charge is 0.345 e. The number of hydrogen-bond donors (Lipinski definition) is 0. The Labute approximate surface area is 144 Å². The molecule has 0 unspecified atom stereocenters. The molecule has 1 aliphatic heterocycles. The average molecular weight is 354 g/mol. The summed E-state index contributed by atoms with van der Waals surface area (Å²) in [5.74, 6) is -0.253. The molecule has 1 amide bonds. The minimum atomic E-state index is -3.35. The van der Waals surface area contributed by atoms with Crippen molar-refractivity contribution in [1.82, 2.24) is 19.1 Å². The average Bonchev–Trinajstić information content (AvgIpc) is 2.59. The number of carbonyl (C=O) groups is 1. The van der Waals surface area contributed by atoms with E-state index in [0.717, 1.165) is 25.1 Å². The molecule has 2 rings (SSSR count). The summed E-state index contributed by atoms with van der Waals surface area (Å²) in [5.41, 5.74) is 1.11. The molecule has 134 valence electrons. The number of nitrogens with zero attached hydrogens (tertiary/aromatic N) is 4. The number of pyridine rings is 1. The van der Waals surface area contributed by atoms with Crippen molar-refractivity contribution in [2.24, 2.45) is 0 Å². The van der Waals surface area contributed by atoms with Crippen LogP contribution in [0.2, 0.25) is 0 Å². The van der Waals surface area contributed by atoms with Crippen LogP contribution in [-0.4, -0.2) is 86.0 Å². The lowest BCUT2D eigenvalue weighted by atomic mass is 10.2. The van der Waals surface area contributed by atoms with Gasteiger partial charge in [0.1, 0.15) is 0 Å². The zero-order valence-corrected chi connectivity index (χ0v) is 15.2. The minimum absolute atomic E-state index is 0.0293. The van der Waals surface area contributed by atoms with Crippen LogP contribution in [0, 0.1) is 0 Å². The smallest absolute Gasteiger partial charge is 0.223 e. The fourth-order valence-corrected chi connectivity index (χ4v) is 3.98. The van der Waals surface area contributed by atoms with E-state index in [2.05, 4.69) is 9.88 Å². The quantitative estimate of drug-likeness (QED) is 0.692. The Bertz CT molecular complexity index is 628. The van der Waals surface area contributed by atoms with Crippen LogP contribution in [0.5, 0.6) is 0 Å². The minimum Gasteiger partial charge on any atom is -0.345 e. The van der Waals surface area contributed by atoms with Gasteiger partial charge in [0.25, 0.3) is 0 Å². The van der Waals surface area contributed by atoms with Crippen LogP contribution in [0.1, 0.15) is 12.0 Å². The lowest BCUT2D eigenvalue weighted by Gasteiger charge is -2.31. The molecule has 0 saturated carbocycles. The SMILES string of the molecule is CN1CCN(S(=O)(=O)CCC(=O)N(C)CCc2ccncc2)CC1. The molecule has 0 radical (unpaired) electrons. The predicted molar refractivity (Wildman–Crippen MR) is 93.1 cm³/mol. The number of amides is 1. The van der Waals surface area contributed by atoms with E-state index in [1.54, 1.807) is 24.3 Å². The molecule has 1 fully saturated rings. The summed E-state index contributed by atoms with van der Waals surface area (Å²) in [6.45, 7) is 3.05. The van der Waals surface area contributed by atoms with E-state index in [4.69, 9.17) is 0 Å². The second-order valence-corrected chi connectivity index (χ2v) is 8.28. The van der Waals surface area contributed by atoms with E-state index in [9.17, 15) is 13.2 Å². The fraction of sp³-hybridized carbons (Fsp3) is 0.625. The highest BCUT2D eigenvalue weighted by atomic mass is 32.2. The van der Waals surface area contributed by atoms with Crippen molar-refractivity contribution >= 4 is 15.9 Å². The highest BCUT2D eigenvalue weighted by molar-refractivity contribution is 7.89. The summed E-state index contributed by atoms with van der Waals surface area (Å²) in [4.78, 5) is 19.8. The van der Waals surface area contributed by atoms with Crippen LogP contribution in [0.4, 0.5) is 0 Å². The number of rotatable bonds is 7. The summed E-state index contributed by atoms with van der Waals surface area (Å²) < 4.78 is 26.2. The third-order valence-corrected chi connectivity index (χ3v) is 6.21. The summed E-state index contributed by atoms with van der Waals surface area (Å²) >= 11 is 0. The van der Waals surface area contributed by atoms with Crippen molar-refractivity contribution in [3.8, 4) is 0 Å². The van der Waals surface area contributed by atoms with E-state index in [1.165, 1.54) is 4.31 Å². The third kappa shape index (κ3) is 5.54. The Morgan fingerprint density at radius 3 is 2.46 bits per heavy atom. The van der Waals surface area contributed by atoms with Crippen molar-refractivity contribution in [3.63, 3.8) is 0 Å². The van der Waals surface area contributed by atoms with E-state index >= 15 is 0 Å². The molecule has 0 aliphatic carbocycles. The van der Waals surface area contributed by atoms with E-state index in [-0.39, 0.29) is 18.1 Å². The van der Waals surface area contributed by atoms with E-state index in [0.29, 0.717) is 19.6 Å². The van der Waals surface area contributed by atoms with Gasteiger partial charge in [-0.1, -0.05) is 0 Å². The number of piperazine rings is 1. The van der Waals surface area contributed by atoms with Crippen molar-refractivity contribution in [2.45, 2.75) is 12.8 Å². The molecule has 0 aromatic carbocycles. The zero-order valence-electron chi connectivity index (χ0n) is 14.4. The van der Waals surface area contributed by atoms with Crippen molar-refractivity contribution in [3.05, 3.63) is 30.1 Å². The van der Waals surface area contributed by atoms with Crippen LogP contribution in [0.3, 0.4) is 0 Å². The lowest BCUT2D eigenvalue weighted by Crippen LogP contribution is -2.48. The number of carbonyl (C=O) groups excluding carboxylic acids is 1. The Kier molecular flexibility index (Phi) is 6.70. The normalized spacial score (nSPS) is 16.9. The summed E-state index contributed by atoms with van der Waals surface area (Å²) in [6.07, 6.45) is 4.21. The van der Waals surface area contributed by atoms with Gasteiger partial charge >= 0.3 is 0 Å². The second kappa shape index (κ2) is 8.55. The Balaban J connectivity index is 1.77. The van der Waals surface area contributed by atoms with Gasteiger partial charge in [-0.05, 0) is 31.2 Å². The molecular formula is C16H26N4O3S. The fourth-order valence-electron chi connectivity index (χ4n) is 2.57. The van der Waals surface area contributed by atoms with Crippen molar-refractivity contribution in [1.29, 1.82) is 0 Å². The first kappa shape index (κ1) is 18.8. The van der Waals surface area contributed by atoms with Gasteiger partial charge in [-0.2, -0.15) is 4.31 Å². The lowest BCUT2D eigenvalue weighted by molar-refractivity contribution is -0.129. The Morgan fingerprint density at radius 1 is 1.21 bits per heavy atom. The van der Waals surface area contributed by atoms with E-state index in [1.807, 2.05) is 19.2 Å². The molecule has 0 atom stereocenters. The standard InChI is InChI=1S/C16H26N4O3S/c1-18-10-12-20(13-11-18)24(22,23)14-6-16(21)19(2)9-5-15-3-7-17-8-4-15/h3-4,7-8H,5-6,9-14H2,1-2H3. The van der Waals surface area contributed by atoms with Gasteiger partial charge < -0.3 is 9.80 Å². The van der Waals surface area contributed by atoms with Crippen molar-refractivity contribution < 1.29 is 13.2 Å². The molecule has 7 nitrogen and oxygen atoms in total. The third-order valence-electron chi connectivity index (χ3n) is 4.34. The summed E-state index contributed by atoms with van der Waals surface area (Å²) in [7, 11) is 0.340. The van der Waals surface area contributed by atoms with Gasteiger partial charge in [-0.3, -0.25) is 9.78 Å². The van der Waals surface area contributed by atoms with E-state index < -0.39 is 10.0 Å². The molecule has 24 heavy (non-hydrogen) atoms. The highest BCUT2D eigenvalue weighted by Crippen LogP contribution is 2.09. The highest BCUT2D eigenvalue weighted by Gasteiger charge is 2.26. The van der Waals surface area contributed by atoms with Gasteiger partial charge in [0.15, 0.2) is 0 Å². The number of hydrogen-bond acceptors (Lipinski definition) is 5. The number of sulfonamides is 1. The summed E-state index contributed by atoms with van der Waals surface area (Å²) in [6, 6.07) is 3.83. The van der Waals surface area contributed by atoms with Gasteiger partial charge in [-0.15, -0.1) is 0 Å². The molecule has 1 aromatic rings. The molecule has 1 saturated heterocycles. The second-order valence-electron chi connectivity index (χ2n) is 6.19. The van der Waals surface area contributed by atoms with Crippen LogP contribution in [0.25, 0.3) is 0 Å². The maximum absolute atomic E-state index is 12.3. The van der Waals surface area contributed by atoms with Gasteiger partial charge in [0, 0.05) is 58.6 Å². The Hall–Kier alpha value is -1.51. The number of likely N-dealkylation sites (N-methyl/N-ethyl adjacent to an activating group) is 2. The molecule has 0 spiro atoms. The topological polar surface area (TPSA) is 73.8 Å². The Morgan fingerprint density at radius 2 is 1.83 bits per heavy atom. The predicted octanol–water partition coefficient (Wildman–Crippen LogP) is 0.0498. The van der Waals surface area contributed by atoms with Crippen LogP contribution in [-0.2, 0) is 21.2 Å². The van der Waals surface area contributed by atoms with Gasteiger partial charge in [0.2, 0.25) is 15.9 Å². The van der Waals surface area contributed by atoms with Crippen LogP contribution in [0.15, 0.2) is 24.5 Å². The summed E-state index contributed by atoms with van der Waals surface area (Å²) in [5, 5.41) is 0. The number of aromatic nitrogens is 1. The molecule has 2 heterocycles. The maximum atomic E-state index is 12.3. The molecular weight excluding hydrogens is 328 g/mol. The first-order valence-electron chi connectivity index (χ1n) is 8.18. The molecule has 8 heteroatoms. The maximum Gasteiger partial charge on any atom is 0.223 e. The van der Waals surface area contributed by atoms with Crippen LogP contribution >= 0.6 is 0 Å². The molecule has 1 aromatic heterocycles.